The first-order valence-corrected chi connectivity index (χ1v) is 8.30. The lowest BCUT2D eigenvalue weighted by molar-refractivity contribution is 1.03. The smallest absolute Gasteiger partial charge is 0.138 e. The highest BCUT2D eigenvalue weighted by Crippen LogP contribution is 2.33. The predicted molar refractivity (Wildman–Crippen MR) is 96.7 cm³/mol. The summed E-state index contributed by atoms with van der Waals surface area (Å²) in [4.78, 5) is 8.52. The summed E-state index contributed by atoms with van der Waals surface area (Å²) in [5.41, 5.74) is 5.97. The van der Waals surface area contributed by atoms with Gasteiger partial charge in [-0.3, -0.25) is 0 Å². The van der Waals surface area contributed by atoms with Crippen molar-refractivity contribution in [2.45, 2.75) is 25.7 Å². The highest BCUT2D eigenvalue weighted by molar-refractivity contribution is 5.83. The van der Waals surface area contributed by atoms with Crippen LogP contribution in [0.1, 0.15) is 37.1 Å². The molecule has 2 aromatic rings. The van der Waals surface area contributed by atoms with Crippen molar-refractivity contribution in [3.8, 4) is 11.4 Å². The number of nitrogens with zero attached hydrogens (tertiary/aromatic N) is 1. The third-order valence-corrected chi connectivity index (χ3v) is 4.35. The molecule has 1 heterocycles. The minimum Gasteiger partial charge on any atom is -0.337 e. The van der Waals surface area contributed by atoms with Crippen LogP contribution < -0.4 is 0 Å². The van der Waals surface area contributed by atoms with E-state index in [2.05, 4.69) is 65.7 Å². The van der Waals surface area contributed by atoms with Crippen molar-refractivity contribution in [2.75, 3.05) is 0 Å². The zero-order valence-corrected chi connectivity index (χ0v) is 13.1. The molecular weight excluding hydrogens is 280 g/mol. The number of H-pyrrole nitrogens is 1. The number of nitrogens with one attached hydrogen (secondary N) is 1. The summed E-state index contributed by atoms with van der Waals surface area (Å²) in [6.07, 6.45) is 17.7. The number of hydrogen-bond donors (Lipinski definition) is 1. The fraction of sp³-hybridized carbons (Fsp3) is 0.190. The van der Waals surface area contributed by atoms with Crippen molar-refractivity contribution in [3.63, 3.8) is 0 Å². The predicted octanol–water partition coefficient (Wildman–Crippen LogP) is 5.54. The maximum absolute atomic E-state index is 4.95. The molecule has 0 saturated carbocycles. The molecule has 1 N–H and O–H groups in total. The van der Waals surface area contributed by atoms with Crippen LogP contribution in [0.3, 0.4) is 0 Å². The van der Waals surface area contributed by atoms with E-state index in [1.54, 1.807) is 0 Å². The average molecular weight is 300 g/mol. The molecule has 0 atom stereocenters. The van der Waals surface area contributed by atoms with Crippen LogP contribution in [-0.2, 0) is 0 Å². The highest BCUT2D eigenvalue weighted by atomic mass is 14.9. The lowest BCUT2D eigenvalue weighted by atomic mass is 9.96. The van der Waals surface area contributed by atoms with Crippen molar-refractivity contribution in [3.05, 3.63) is 78.2 Å². The molecule has 0 amide bonds. The van der Waals surface area contributed by atoms with Crippen LogP contribution >= 0.6 is 0 Å². The van der Waals surface area contributed by atoms with E-state index in [0.29, 0.717) is 0 Å². The maximum Gasteiger partial charge on any atom is 0.138 e. The summed E-state index contributed by atoms with van der Waals surface area (Å²) in [7, 11) is 0. The Labute approximate surface area is 137 Å². The maximum atomic E-state index is 4.95. The van der Waals surface area contributed by atoms with Gasteiger partial charge >= 0.3 is 0 Å². The van der Waals surface area contributed by atoms with Gasteiger partial charge in [0.1, 0.15) is 5.82 Å². The van der Waals surface area contributed by atoms with Crippen molar-refractivity contribution in [2.24, 2.45) is 0 Å². The largest absolute Gasteiger partial charge is 0.337 e. The number of aromatic amines is 1. The molecule has 0 bridgehead atoms. The van der Waals surface area contributed by atoms with Crippen molar-refractivity contribution < 1.29 is 0 Å². The molecule has 0 aliphatic heterocycles. The van der Waals surface area contributed by atoms with Crippen LogP contribution in [0.5, 0.6) is 0 Å². The van der Waals surface area contributed by atoms with Crippen molar-refractivity contribution >= 4 is 11.1 Å². The second kappa shape index (κ2) is 6.25. The topological polar surface area (TPSA) is 28.7 Å². The summed E-state index contributed by atoms with van der Waals surface area (Å²) in [5, 5.41) is 0. The minimum absolute atomic E-state index is 0.950. The number of rotatable bonds is 3. The first-order chi connectivity index (χ1) is 11.4. The third kappa shape index (κ3) is 2.85. The van der Waals surface area contributed by atoms with E-state index in [1.807, 2.05) is 6.07 Å². The lowest BCUT2D eigenvalue weighted by Gasteiger charge is -2.11. The Kier molecular flexibility index (Phi) is 3.81. The van der Waals surface area contributed by atoms with E-state index in [4.69, 9.17) is 4.98 Å². The first-order valence-electron chi connectivity index (χ1n) is 8.30. The Hall–Kier alpha value is -2.61. The zero-order valence-electron chi connectivity index (χ0n) is 13.1. The van der Waals surface area contributed by atoms with E-state index in [-0.39, 0.29) is 0 Å². The summed E-state index contributed by atoms with van der Waals surface area (Å²) >= 11 is 0. The van der Waals surface area contributed by atoms with Gasteiger partial charge in [-0.05, 0) is 36.8 Å². The van der Waals surface area contributed by atoms with Crippen LogP contribution in [0.2, 0.25) is 0 Å². The van der Waals surface area contributed by atoms with E-state index in [1.165, 1.54) is 11.1 Å². The SMILES string of the molecule is C1=CCCC(c2nc(-c3ccccc3)[nH]c2C2=CCCC=C2)=C1. The van der Waals surface area contributed by atoms with Gasteiger partial charge in [-0.25, -0.2) is 4.98 Å². The second-order valence-corrected chi connectivity index (χ2v) is 5.97. The first kappa shape index (κ1) is 14.0. The number of imidazole rings is 1. The molecule has 0 fully saturated rings. The van der Waals surface area contributed by atoms with E-state index >= 15 is 0 Å². The van der Waals surface area contributed by atoms with Gasteiger partial charge in [0.05, 0.1) is 11.4 Å². The summed E-state index contributed by atoms with van der Waals surface area (Å²) in [6.45, 7) is 0. The van der Waals surface area contributed by atoms with Gasteiger partial charge in [0.25, 0.3) is 0 Å². The summed E-state index contributed by atoms with van der Waals surface area (Å²) < 4.78 is 0. The van der Waals surface area contributed by atoms with Gasteiger partial charge in [-0.2, -0.15) is 0 Å². The highest BCUT2D eigenvalue weighted by Gasteiger charge is 2.18. The molecule has 23 heavy (non-hydrogen) atoms. The van der Waals surface area contributed by atoms with Crippen molar-refractivity contribution in [1.82, 2.24) is 9.97 Å². The van der Waals surface area contributed by atoms with E-state index in [9.17, 15) is 0 Å². The molecule has 1 aromatic heterocycles. The van der Waals surface area contributed by atoms with Crippen LogP contribution in [0.15, 0.2) is 66.8 Å². The molecule has 0 saturated heterocycles. The number of aromatic nitrogens is 2. The molecule has 4 rings (SSSR count). The van der Waals surface area contributed by atoms with E-state index < -0.39 is 0 Å². The Morgan fingerprint density at radius 3 is 2.61 bits per heavy atom. The fourth-order valence-corrected chi connectivity index (χ4v) is 3.15. The quantitative estimate of drug-likeness (QED) is 0.791. The third-order valence-electron chi connectivity index (χ3n) is 4.35. The summed E-state index contributed by atoms with van der Waals surface area (Å²) in [5.74, 6) is 0.950. The van der Waals surface area contributed by atoms with Crippen LogP contribution in [-0.4, -0.2) is 9.97 Å². The molecule has 2 aliphatic rings. The molecule has 114 valence electrons. The van der Waals surface area contributed by atoms with Crippen LogP contribution in [0, 0.1) is 0 Å². The van der Waals surface area contributed by atoms with Crippen molar-refractivity contribution in [1.29, 1.82) is 0 Å². The average Bonchev–Trinajstić information content (AvgIpc) is 3.09. The fourth-order valence-electron chi connectivity index (χ4n) is 3.15. The Morgan fingerprint density at radius 1 is 0.957 bits per heavy atom. The van der Waals surface area contributed by atoms with Gasteiger partial charge in [0.15, 0.2) is 0 Å². The molecule has 2 aliphatic carbocycles. The monoisotopic (exact) mass is 300 g/mol. The molecule has 0 spiro atoms. The Morgan fingerprint density at radius 2 is 1.87 bits per heavy atom. The Bertz CT molecular complexity index is 817. The molecule has 2 nitrogen and oxygen atoms in total. The molecule has 0 radical (unpaired) electrons. The van der Waals surface area contributed by atoms with Gasteiger partial charge in [0, 0.05) is 5.56 Å². The number of benzene rings is 1. The van der Waals surface area contributed by atoms with Gasteiger partial charge in [-0.15, -0.1) is 0 Å². The minimum atomic E-state index is 0.950. The van der Waals surface area contributed by atoms with Gasteiger partial charge in [0.2, 0.25) is 0 Å². The second-order valence-electron chi connectivity index (χ2n) is 5.97. The lowest BCUT2D eigenvalue weighted by Crippen LogP contribution is -1.95. The van der Waals surface area contributed by atoms with Gasteiger partial charge in [-0.1, -0.05) is 66.8 Å². The summed E-state index contributed by atoms with van der Waals surface area (Å²) in [6, 6.07) is 10.4. The standard InChI is InChI=1S/C21H20N2/c1-4-10-16(11-5-1)19-20(17-12-6-2-7-13-17)23-21(22-19)18-14-8-3-9-15-18/h1,3-4,6,8-10,12-15H,2,5,7,11H2,(H,22,23). The van der Waals surface area contributed by atoms with Crippen LogP contribution in [0.4, 0.5) is 0 Å². The number of allylic oxidation sites excluding steroid dienone is 8. The molecule has 0 unspecified atom stereocenters. The normalized spacial score (nSPS) is 17.0. The van der Waals surface area contributed by atoms with E-state index in [0.717, 1.165) is 48.5 Å². The molecular formula is C21H20N2. The Balaban J connectivity index is 1.84. The van der Waals surface area contributed by atoms with Crippen LogP contribution in [0.25, 0.3) is 22.5 Å². The zero-order chi connectivity index (χ0) is 15.5. The van der Waals surface area contributed by atoms with Gasteiger partial charge < -0.3 is 4.98 Å². The molecule has 1 aromatic carbocycles. The number of hydrogen-bond acceptors (Lipinski definition) is 1. The molecule has 2 heteroatoms.